The number of rotatable bonds is 7. The minimum absolute atomic E-state index is 0.192. The minimum Gasteiger partial charge on any atom is -0.496 e. The molecular formula is C21H25FN2O2. The van der Waals surface area contributed by atoms with Crippen molar-refractivity contribution in [3.63, 3.8) is 0 Å². The maximum Gasteiger partial charge on any atom is 0.259 e. The summed E-state index contributed by atoms with van der Waals surface area (Å²) in [6.07, 6.45) is 2.91. The predicted octanol–water partition coefficient (Wildman–Crippen LogP) is 3.89. The molecule has 0 aromatic heterocycles. The number of anilines is 1. The van der Waals surface area contributed by atoms with Crippen molar-refractivity contribution in [1.29, 1.82) is 0 Å². The zero-order chi connectivity index (χ0) is 18.4. The summed E-state index contributed by atoms with van der Waals surface area (Å²) in [5.41, 5.74) is 4.78. The van der Waals surface area contributed by atoms with Crippen molar-refractivity contribution in [2.75, 3.05) is 25.6 Å². The molecule has 26 heavy (non-hydrogen) atoms. The highest BCUT2D eigenvalue weighted by Crippen LogP contribution is 2.27. The molecule has 0 unspecified atom stereocenters. The van der Waals surface area contributed by atoms with Crippen LogP contribution < -0.4 is 15.4 Å². The van der Waals surface area contributed by atoms with Crippen LogP contribution in [0, 0.1) is 0 Å². The molecule has 0 spiro atoms. The van der Waals surface area contributed by atoms with E-state index in [-0.39, 0.29) is 12.6 Å². The average molecular weight is 356 g/mol. The number of aryl methyl sites for hydroxylation is 1. The Hall–Kier alpha value is -2.40. The molecule has 0 saturated carbocycles. The first kappa shape index (κ1) is 18.4. The number of benzene rings is 2. The van der Waals surface area contributed by atoms with Gasteiger partial charge in [0.05, 0.1) is 19.3 Å². The van der Waals surface area contributed by atoms with E-state index in [1.165, 1.54) is 11.1 Å². The number of fused-ring (bicyclic) bond motifs is 1. The number of methoxy groups -OCH3 is 1. The molecule has 5 heteroatoms. The topological polar surface area (TPSA) is 50.4 Å². The molecule has 1 heterocycles. The number of hydrogen-bond donors (Lipinski definition) is 2. The lowest BCUT2D eigenvalue weighted by atomic mass is 10.00. The third-order valence-corrected chi connectivity index (χ3v) is 4.73. The molecule has 2 N–H and O–H groups in total. The summed E-state index contributed by atoms with van der Waals surface area (Å²) in [5, 5.41) is 6.32. The van der Waals surface area contributed by atoms with Gasteiger partial charge in [-0.15, -0.1) is 0 Å². The van der Waals surface area contributed by atoms with E-state index in [0.29, 0.717) is 24.2 Å². The van der Waals surface area contributed by atoms with Gasteiger partial charge in [-0.05, 0) is 67.1 Å². The Morgan fingerprint density at radius 3 is 2.92 bits per heavy atom. The van der Waals surface area contributed by atoms with E-state index in [1.54, 1.807) is 13.2 Å². The molecule has 1 amide bonds. The molecule has 0 atom stereocenters. The first-order chi connectivity index (χ1) is 12.7. The summed E-state index contributed by atoms with van der Waals surface area (Å²) in [6.45, 7) is 1.51. The van der Waals surface area contributed by atoms with Crippen molar-refractivity contribution in [3.8, 4) is 5.75 Å². The molecular weight excluding hydrogens is 331 g/mol. The minimum atomic E-state index is -0.323. The van der Waals surface area contributed by atoms with Crippen LogP contribution in [0.25, 0.3) is 0 Å². The van der Waals surface area contributed by atoms with E-state index in [0.717, 1.165) is 37.2 Å². The van der Waals surface area contributed by atoms with E-state index >= 15 is 0 Å². The normalized spacial score (nSPS) is 13.2. The maximum atomic E-state index is 12.8. The number of hydrogen-bond acceptors (Lipinski definition) is 3. The lowest BCUT2D eigenvalue weighted by Crippen LogP contribution is -2.23. The van der Waals surface area contributed by atoms with Crippen molar-refractivity contribution < 1.29 is 13.9 Å². The van der Waals surface area contributed by atoms with Crippen LogP contribution in [0.3, 0.4) is 0 Å². The standard InChI is InChI=1S/C21H25FN2O2/c1-26-20-15(5-2-3-11-22)6-4-7-19(20)21(25)24-18-9-8-17-14-23-12-10-16(17)13-18/h4,6-9,13,23H,2-3,5,10-12,14H2,1H3,(H,24,25). The zero-order valence-electron chi connectivity index (χ0n) is 15.1. The predicted molar refractivity (Wildman–Crippen MR) is 102 cm³/mol. The average Bonchev–Trinajstić information content (AvgIpc) is 2.67. The molecule has 1 aliphatic heterocycles. The van der Waals surface area contributed by atoms with Crippen LogP contribution in [0.2, 0.25) is 0 Å². The summed E-state index contributed by atoms with van der Waals surface area (Å²) in [7, 11) is 1.57. The van der Waals surface area contributed by atoms with E-state index in [1.807, 2.05) is 24.3 Å². The van der Waals surface area contributed by atoms with Crippen molar-refractivity contribution >= 4 is 11.6 Å². The van der Waals surface area contributed by atoms with Crippen molar-refractivity contribution in [2.45, 2.75) is 32.2 Å². The van der Waals surface area contributed by atoms with Gasteiger partial charge in [0.15, 0.2) is 0 Å². The van der Waals surface area contributed by atoms with E-state index in [2.05, 4.69) is 16.7 Å². The molecule has 2 aromatic carbocycles. The second-order valence-corrected chi connectivity index (χ2v) is 6.51. The first-order valence-electron chi connectivity index (χ1n) is 9.08. The fraction of sp³-hybridized carbons (Fsp3) is 0.381. The van der Waals surface area contributed by atoms with Crippen LogP contribution in [-0.4, -0.2) is 26.2 Å². The summed E-state index contributed by atoms with van der Waals surface area (Å²) in [4.78, 5) is 12.8. The molecule has 138 valence electrons. The Morgan fingerprint density at radius 2 is 2.12 bits per heavy atom. The van der Waals surface area contributed by atoms with Gasteiger partial charge in [-0.1, -0.05) is 18.2 Å². The number of carbonyl (C=O) groups is 1. The van der Waals surface area contributed by atoms with Crippen LogP contribution in [0.15, 0.2) is 36.4 Å². The van der Waals surface area contributed by atoms with Crippen LogP contribution in [-0.2, 0) is 19.4 Å². The Bertz CT molecular complexity index is 777. The van der Waals surface area contributed by atoms with Crippen LogP contribution >= 0.6 is 0 Å². The van der Waals surface area contributed by atoms with Crippen LogP contribution in [0.5, 0.6) is 5.75 Å². The number of nitrogens with one attached hydrogen (secondary N) is 2. The molecule has 0 fully saturated rings. The van der Waals surface area contributed by atoms with Crippen LogP contribution in [0.4, 0.5) is 10.1 Å². The summed E-state index contributed by atoms with van der Waals surface area (Å²) >= 11 is 0. The van der Waals surface area contributed by atoms with Gasteiger partial charge in [0.2, 0.25) is 0 Å². The lowest BCUT2D eigenvalue weighted by Gasteiger charge is -2.18. The van der Waals surface area contributed by atoms with Gasteiger partial charge in [-0.3, -0.25) is 9.18 Å². The van der Waals surface area contributed by atoms with Gasteiger partial charge in [0, 0.05) is 12.2 Å². The van der Waals surface area contributed by atoms with E-state index in [4.69, 9.17) is 4.74 Å². The molecule has 0 radical (unpaired) electrons. The number of alkyl halides is 1. The van der Waals surface area contributed by atoms with Gasteiger partial charge in [0.1, 0.15) is 5.75 Å². The fourth-order valence-corrected chi connectivity index (χ4v) is 3.36. The van der Waals surface area contributed by atoms with Gasteiger partial charge < -0.3 is 15.4 Å². The summed E-state index contributed by atoms with van der Waals surface area (Å²) in [5.74, 6) is 0.383. The third-order valence-electron chi connectivity index (χ3n) is 4.73. The monoisotopic (exact) mass is 356 g/mol. The van der Waals surface area contributed by atoms with Crippen molar-refractivity contribution in [1.82, 2.24) is 5.32 Å². The van der Waals surface area contributed by atoms with E-state index < -0.39 is 0 Å². The Labute approximate surface area is 153 Å². The number of halogens is 1. The smallest absolute Gasteiger partial charge is 0.259 e. The number of carbonyl (C=O) groups excluding carboxylic acids is 1. The second kappa shape index (κ2) is 8.81. The zero-order valence-corrected chi connectivity index (χ0v) is 15.1. The van der Waals surface area contributed by atoms with Crippen LogP contribution in [0.1, 0.15) is 39.9 Å². The quantitative estimate of drug-likeness (QED) is 0.740. The van der Waals surface area contributed by atoms with Gasteiger partial charge in [-0.2, -0.15) is 0 Å². The molecule has 2 aromatic rings. The molecule has 0 bridgehead atoms. The Morgan fingerprint density at radius 1 is 1.23 bits per heavy atom. The molecule has 0 aliphatic carbocycles. The maximum absolute atomic E-state index is 12.8. The largest absolute Gasteiger partial charge is 0.496 e. The highest BCUT2D eigenvalue weighted by atomic mass is 19.1. The molecule has 4 nitrogen and oxygen atoms in total. The number of amides is 1. The Kier molecular flexibility index (Phi) is 6.23. The lowest BCUT2D eigenvalue weighted by molar-refractivity contribution is 0.102. The molecule has 1 aliphatic rings. The highest BCUT2D eigenvalue weighted by molar-refractivity contribution is 6.06. The second-order valence-electron chi connectivity index (χ2n) is 6.51. The first-order valence-corrected chi connectivity index (χ1v) is 9.08. The number of para-hydroxylation sites is 1. The van der Waals surface area contributed by atoms with Gasteiger partial charge in [-0.25, -0.2) is 0 Å². The SMILES string of the molecule is COc1c(CCCCF)cccc1C(=O)Nc1ccc2c(c1)CCNC2. The third kappa shape index (κ3) is 4.22. The fourth-order valence-electron chi connectivity index (χ4n) is 3.36. The Balaban J connectivity index is 1.78. The van der Waals surface area contributed by atoms with E-state index in [9.17, 15) is 9.18 Å². The number of ether oxygens (including phenoxy) is 1. The molecule has 0 saturated heterocycles. The molecule has 3 rings (SSSR count). The van der Waals surface area contributed by atoms with Gasteiger partial charge >= 0.3 is 0 Å². The van der Waals surface area contributed by atoms with Gasteiger partial charge in [0.25, 0.3) is 5.91 Å². The summed E-state index contributed by atoms with van der Waals surface area (Å²) < 4.78 is 17.8. The van der Waals surface area contributed by atoms with Crippen molar-refractivity contribution in [2.24, 2.45) is 0 Å². The van der Waals surface area contributed by atoms with Crippen molar-refractivity contribution in [3.05, 3.63) is 58.7 Å². The number of unbranched alkanes of at least 4 members (excludes halogenated alkanes) is 1. The highest BCUT2D eigenvalue weighted by Gasteiger charge is 2.17. The summed E-state index contributed by atoms with van der Waals surface area (Å²) in [6, 6.07) is 11.6.